The molecule has 21 heavy (non-hydrogen) atoms. The van der Waals surface area contributed by atoms with Crippen molar-refractivity contribution in [2.24, 2.45) is 4.99 Å². The van der Waals surface area contributed by atoms with E-state index < -0.39 is 0 Å². The lowest BCUT2D eigenvalue weighted by atomic mass is 10.2. The molecular formula is C17H18N2OS. The molecule has 0 spiro atoms. The van der Waals surface area contributed by atoms with E-state index in [-0.39, 0.29) is 0 Å². The van der Waals surface area contributed by atoms with E-state index in [0.717, 1.165) is 29.8 Å². The number of benzene rings is 2. The number of ether oxygens (including phenoxy) is 1. The summed E-state index contributed by atoms with van der Waals surface area (Å²) in [5.41, 5.74) is 2.46. The fourth-order valence-corrected chi connectivity index (χ4v) is 2.93. The van der Waals surface area contributed by atoms with E-state index in [1.54, 1.807) is 11.8 Å². The zero-order valence-electron chi connectivity index (χ0n) is 11.8. The molecule has 0 bridgehead atoms. The third kappa shape index (κ3) is 4.26. The molecule has 0 unspecified atom stereocenters. The van der Waals surface area contributed by atoms with Crippen molar-refractivity contribution < 1.29 is 4.74 Å². The van der Waals surface area contributed by atoms with E-state index >= 15 is 0 Å². The molecule has 1 heterocycles. The molecule has 0 atom stereocenters. The van der Waals surface area contributed by atoms with Crippen LogP contribution in [-0.4, -0.2) is 18.3 Å². The van der Waals surface area contributed by atoms with Crippen molar-refractivity contribution >= 4 is 16.9 Å². The minimum Gasteiger partial charge on any atom is -0.489 e. The first-order valence-electron chi connectivity index (χ1n) is 7.07. The second-order valence-corrected chi connectivity index (χ2v) is 5.78. The molecule has 0 aromatic heterocycles. The van der Waals surface area contributed by atoms with Crippen LogP contribution in [0.4, 0.5) is 0 Å². The average Bonchev–Trinajstić information content (AvgIpc) is 3.06. The van der Waals surface area contributed by atoms with Crippen LogP contribution in [0.15, 0.2) is 59.6 Å². The van der Waals surface area contributed by atoms with Gasteiger partial charge in [-0.2, -0.15) is 0 Å². The smallest absolute Gasteiger partial charge is 0.157 e. The van der Waals surface area contributed by atoms with E-state index in [1.165, 1.54) is 11.1 Å². The maximum absolute atomic E-state index is 5.78. The summed E-state index contributed by atoms with van der Waals surface area (Å²) in [4.78, 5) is 4.38. The van der Waals surface area contributed by atoms with Crippen molar-refractivity contribution in [1.82, 2.24) is 5.32 Å². The van der Waals surface area contributed by atoms with Crippen LogP contribution < -0.4 is 10.1 Å². The summed E-state index contributed by atoms with van der Waals surface area (Å²) in [6, 6.07) is 18.5. The van der Waals surface area contributed by atoms with Crippen molar-refractivity contribution in [2.45, 2.75) is 12.4 Å². The predicted octanol–water partition coefficient (Wildman–Crippen LogP) is 3.46. The highest BCUT2D eigenvalue weighted by Crippen LogP contribution is 2.19. The van der Waals surface area contributed by atoms with Crippen LogP contribution in [0, 0.1) is 0 Å². The SMILES string of the molecule is c1ccc(COc2ccc(CSC3=NCCN3)cc2)cc1. The van der Waals surface area contributed by atoms with Gasteiger partial charge in [0.15, 0.2) is 5.17 Å². The van der Waals surface area contributed by atoms with Crippen LogP contribution in [-0.2, 0) is 12.4 Å². The number of amidine groups is 1. The van der Waals surface area contributed by atoms with Gasteiger partial charge >= 0.3 is 0 Å². The highest BCUT2D eigenvalue weighted by atomic mass is 32.2. The zero-order valence-corrected chi connectivity index (χ0v) is 12.6. The maximum atomic E-state index is 5.78. The minimum absolute atomic E-state index is 0.607. The van der Waals surface area contributed by atoms with Crippen molar-refractivity contribution in [1.29, 1.82) is 0 Å². The Kier molecular flexibility index (Phi) is 4.79. The summed E-state index contributed by atoms with van der Waals surface area (Å²) < 4.78 is 5.78. The third-order valence-electron chi connectivity index (χ3n) is 3.19. The summed E-state index contributed by atoms with van der Waals surface area (Å²) in [7, 11) is 0. The first-order valence-corrected chi connectivity index (χ1v) is 8.05. The van der Waals surface area contributed by atoms with Crippen LogP contribution in [0.2, 0.25) is 0 Å². The van der Waals surface area contributed by atoms with Gasteiger partial charge in [0, 0.05) is 12.3 Å². The number of hydrogen-bond acceptors (Lipinski definition) is 4. The molecule has 0 radical (unpaired) electrons. The van der Waals surface area contributed by atoms with Gasteiger partial charge in [-0.1, -0.05) is 54.2 Å². The Hall–Kier alpha value is -1.94. The minimum atomic E-state index is 0.607. The van der Waals surface area contributed by atoms with Crippen molar-refractivity contribution in [3.63, 3.8) is 0 Å². The average molecular weight is 298 g/mol. The number of hydrogen-bond donors (Lipinski definition) is 1. The Morgan fingerprint density at radius 2 is 1.81 bits per heavy atom. The molecule has 4 heteroatoms. The Balaban J connectivity index is 1.49. The fourth-order valence-electron chi connectivity index (χ4n) is 2.05. The van der Waals surface area contributed by atoms with Crippen molar-refractivity contribution in [2.75, 3.05) is 13.1 Å². The monoisotopic (exact) mass is 298 g/mol. The predicted molar refractivity (Wildman–Crippen MR) is 88.8 cm³/mol. The van der Waals surface area contributed by atoms with Gasteiger partial charge in [0.25, 0.3) is 0 Å². The van der Waals surface area contributed by atoms with Gasteiger partial charge in [-0.3, -0.25) is 4.99 Å². The molecule has 3 rings (SSSR count). The Labute approximate surface area is 129 Å². The summed E-state index contributed by atoms with van der Waals surface area (Å²) in [6.45, 7) is 2.47. The molecule has 0 saturated heterocycles. The van der Waals surface area contributed by atoms with Gasteiger partial charge in [-0.15, -0.1) is 0 Å². The number of aliphatic imine (C=N–C) groups is 1. The van der Waals surface area contributed by atoms with Gasteiger partial charge in [0.2, 0.25) is 0 Å². The molecule has 108 valence electrons. The van der Waals surface area contributed by atoms with Gasteiger partial charge in [0.05, 0.1) is 6.54 Å². The highest BCUT2D eigenvalue weighted by Gasteiger charge is 2.05. The van der Waals surface area contributed by atoms with E-state index in [9.17, 15) is 0 Å². The van der Waals surface area contributed by atoms with Gasteiger partial charge in [0.1, 0.15) is 12.4 Å². The fraction of sp³-hybridized carbons (Fsp3) is 0.235. The second kappa shape index (κ2) is 7.18. The number of rotatable bonds is 5. The molecule has 3 nitrogen and oxygen atoms in total. The normalized spacial score (nSPS) is 13.6. The van der Waals surface area contributed by atoms with E-state index in [2.05, 4.69) is 34.6 Å². The molecule has 0 fully saturated rings. The molecule has 0 amide bonds. The quantitative estimate of drug-likeness (QED) is 0.918. The van der Waals surface area contributed by atoms with E-state index in [4.69, 9.17) is 4.74 Å². The Morgan fingerprint density at radius 1 is 1.00 bits per heavy atom. The van der Waals surface area contributed by atoms with Gasteiger partial charge < -0.3 is 10.1 Å². The Morgan fingerprint density at radius 3 is 2.52 bits per heavy atom. The molecule has 0 aliphatic carbocycles. The molecule has 2 aromatic rings. The van der Waals surface area contributed by atoms with Crippen LogP contribution in [0.5, 0.6) is 5.75 Å². The number of thioether (sulfide) groups is 1. The van der Waals surface area contributed by atoms with Crippen LogP contribution >= 0.6 is 11.8 Å². The number of nitrogens with zero attached hydrogens (tertiary/aromatic N) is 1. The first-order chi connectivity index (χ1) is 10.4. The van der Waals surface area contributed by atoms with Crippen LogP contribution in [0.25, 0.3) is 0 Å². The molecule has 1 aliphatic rings. The topological polar surface area (TPSA) is 33.6 Å². The lowest BCUT2D eigenvalue weighted by Crippen LogP contribution is -2.14. The van der Waals surface area contributed by atoms with E-state index in [0.29, 0.717) is 6.61 Å². The van der Waals surface area contributed by atoms with Gasteiger partial charge in [-0.25, -0.2) is 0 Å². The summed E-state index contributed by atoms with van der Waals surface area (Å²) in [5, 5.41) is 4.32. The molecule has 1 aliphatic heterocycles. The number of nitrogens with one attached hydrogen (secondary N) is 1. The lowest BCUT2D eigenvalue weighted by Gasteiger charge is -2.07. The highest BCUT2D eigenvalue weighted by molar-refractivity contribution is 8.13. The molecular weight excluding hydrogens is 280 g/mol. The van der Waals surface area contributed by atoms with Crippen LogP contribution in [0.1, 0.15) is 11.1 Å². The third-order valence-corrected chi connectivity index (χ3v) is 4.22. The second-order valence-electron chi connectivity index (χ2n) is 4.82. The molecule has 0 saturated carbocycles. The zero-order chi connectivity index (χ0) is 14.3. The van der Waals surface area contributed by atoms with Crippen LogP contribution in [0.3, 0.4) is 0 Å². The van der Waals surface area contributed by atoms with E-state index in [1.807, 2.05) is 30.3 Å². The first kappa shape index (κ1) is 14.0. The van der Waals surface area contributed by atoms with Crippen molar-refractivity contribution in [3.8, 4) is 5.75 Å². The summed E-state index contributed by atoms with van der Waals surface area (Å²) in [5.74, 6) is 1.84. The maximum Gasteiger partial charge on any atom is 0.157 e. The molecule has 1 N–H and O–H groups in total. The molecule has 2 aromatic carbocycles. The summed E-state index contributed by atoms with van der Waals surface area (Å²) in [6.07, 6.45) is 0. The Bertz CT molecular complexity index is 596. The lowest BCUT2D eigenvalue weighted by molar-refractivity contribution is 0.306. The van der Waals surface area contributed by atoms with Gasteiger partial charge in [-0.05, 0) is 23.3 Å². The summed E-state index contributed by atoms with van der Waals surface area (Å²) >= 11 is 1.75. The standard InChI is InChI=1S/C17H18N2OS/c1-2-4-14(5-3-1)12-20-16-8-6-15(7-9-16)13-21-17-18-10-11-19-17/h1-9H,10-13H2,(H,18,19). The largest absolute Gasteiger partial charge is 0.489 e. The van der Waals surface area contributed by atoms with Crippen molar-refractivity contribution in [3.05, 3.63) is 65.7 Å².